The predicted octanol–water partition coefficient (Wildman–Crippen LogP) is -1.07. The average Bonchev–Trinajstić information content (AvgIpc) is 1.61. The molecule has 0 aromatic heterocycles. The van der Waals surface area contributed by atoms with Crippen LogP contribution in [-0.2, 0) is 0 Å². The Kier molecular flexibility index (Phi) is 14.7. The molecule has 0 N–H and O–H groups in total. The van der Waals surface area contributed by atoms with E-state index in [9.17, 15) is 0 Å². The monoisotopic (exact) mass is 106 g/mol. The van der Waals surface area contributed by atoms with Gasteiger partial charge in [0.05, 0.1) is 0 Å². The van der Waals surface area contributed by atoms with Crippen molar-refractivity contribution in [3.05, 3.63) is 0 Å². The fourth-order valence-corrected chi connectivity index (χ4v) is 0.279. The van der Waals surface area contributed by atoms with Crippen molar-refractivity contribution in [1.82, 2.24) is 0 Å². The van der Waals surface area contributed by atoms with Crippen LogP contribution in [-0.4, -0.2) is 0 Å². The predicted molar refractivity (Wildman–Crippen MR) is 29.5 cm³/mol. The first-order chi connectivity index (χ1) is 2.91. The van der Waals surface area contributed by atoms with E-state index in [4.69, 9.17) is 6.42 Å². The van der Waals surface area contributed by atoms with Gasteiger partial charge >= 0.3 is 29.6 Å². The van der Waals surface area contributed by atoms with Gasteiger partial charge in [-0.05, 0) is 6.42 Å². The van der Waals surface area contributed by atoms with Crippen molar-refractivity contribution < 1.29 is 31.0 Å². The van der Waals surface area contributed by atoms with Crippen molar-refractivity contribution in [2.75, 3.05) is 0 Å². The Bertz CT molecular complexity index is 56.0. The summed E-state index contributed by atoms with van der Waals surface area (Å²) in [5.74, 6) is 2.57. The molecule has 0 nitrogen and oxygen atoms in total. The molecule has 36 valence electrons. The summed E-state index contributed by atoms with van der Waals surface area (Å²) >= 11 is 0. The third kappa shape index (κ3) is 10.8. The van der Waals surface area contributed by atoms with Gasteiger partial charge in [0.1, 0.15) is 0 Å². The van der Waals surface area contributed by atoms with Gasteiger partial charge in [-0.15, -0.1) is 12.3 Å². The Morgan fingerprint density at radius 2 is 2.29 bits per heavy atom. The summed E-state index contributed by atoms with van der Waals surface area (Å²) in [4.78, 5) is 0. The van der Waals surface area contributed by atoms with E-state index in [1.807, 2.05) is 0 Å². The van der Waals surface area contributed by atoms with Crippen LogP contribution >= 0.6 is 0 Å². The minimum atomic E-state index is 0. The first kappa shape index (κ1) is 10.5. The summed E-state index contributed by atoms with van der Waals surface area (Å²) in [6.07, 6.45) is 8.30. The second-order valence-electron chi connectivity index (χ2n) is 1.31. The largest absolute Gasteiger partial charge is 1.00 e. The van der Waals surface area contributed by atoms with E-state index in [1.54, 1.807) is 0 Å². The van der Waals surface area contributed by atoms with E-state index in [0.29, 0.717) is 0 Å². The fourth-order valence-electron chi connectivity index (χ4n) is 0.279. The Morgan fingerprint density at radius 3 is 2.43 bits per heavy atom. The molecule has 0 spiro atoms. The van der Waals surface area contributed by atoms with Crippen LogP contribution in [0.1, 0.15) is 27.6 Å². The summed E-state index contributed by atoms with van der Waals surface area (Å²) in [7, 11) is 0. The third-order valence-electron chi connectivity index (χ3n) is 0.675. The maximum absolute atomic E-state index is 4.96. The van der Waals surface area contributed by atoms with Crippen molar-refractivity contribution >= 4 is 0 Å². The summed E-state index contributed by atoms with van der Waals surface area (Å²) in [6.45, 7) is 2.14. The van der Waals surface area contributed by atoms with Gasteiger partial charge in [0.25, 0.3) is 0 Å². The first-order valence-corrected chi connectivity index (χ1v) is 2.35. The smallest absolute Gasteiger partial charge is 1.00 e. The van der Waals surface area contributed by atoms with Crippen LogP contribution in [0, 0.1) is 12.3 Å². The fraction of sp³-hybridized carbons (Fsp3) is 0.667. The normalized spacial score (nSPS) is 6.29. The van der Waals surface area contributed by atoms with Gasteiger partial charge in [-0.3, -0.25) is 0 Å². The van der Waals surface area contributed by atoms with Crippen LogP contribution in [0.4, 0.5) is 0 Å². The minimum Gasteiger partial charge on any atom is -1.00 e. The molecular formula is C6H11Na. The zero-order chi connectivity index (χ0) is 4.83. The average molecular weight is 106 g/mol. The van der Waals surface area contributed by atoms with Crippen LogP contribution in [0.5, 0.6) is 0 Å². The van der Waals surface area contributed by atoms with E-state index in [1.165, 1.54) is 12.8 Å². The molecule has 0 rings (SSSR count). The van der Waals surface area contributed by atoms with Crippen LogP contribution in [0.2, 0.25) is 0 Å². The topological polar surface area (TPSA) is 0 Å². The van der Waals surface area contributed by atoms with E-state index in [2.05, 4.69) is 12.8 Å². The Hall–Kier alpha value is 0.560. The van der Waals surface area contributed by atoms with Crippen molar-refractivity contribution in [3.63, 3.8) is 0 Å². The molecule has 0 aliphatic rings. The van der Waals surface area contributed by atoms with Crippen molar-refractivity contribution in [2.45, 2.75) is 26.2 Å². The quantitative estimate of drug-likeness (QED) is 0.239. The molecular weight excluding hydrogens is 95.1 g/mol. The van der Waals surface area contributed by atoms with Gasteiger partial charge in [-0.25, -0.2) is 0 Å². The van der Waals surface area contributed by atoms with Gasteiger partial charge in [-0.2, -0.15) is 0 Å². The number of unbranched alkanes of at least 4 members (excludes halogenated alkanes) is 2. The molecule has 0 unspecified atom stereocenters. The molecule has 0 saturated carbocycles. The van der Waals surface area contributed by atoms with Crippen LogP contribution < -0.4 is 29.6 Å². The van der Waals surface area contributed by atoms with Crippen LogP contribution in [0.15, 0.2) is 0 Å². The van der Waals surface area contributed by atoms with Crippen LogP contribution in [0.3, 0.4) is 0 Å². The number of terminal acetylenes is 1. The first-order valence-electron chi connectivity index (χ1n) is 2.35. The van der Waals surface area contributed by atoms with E-state index >= 15 is 0 Å². The number of rotatable bonds is 2. The number of hydrogen-bond donors (Lipinski definition) is 0. The standard InChI is InChI=1S/C6H10.Na.H/c1-3-5-6-4-2;;/h1H,4-6H2,2H3;;/q;+1;-1. The van der Waals surface area contributed by atoms with Gasteiger partial charge in [0.15, 0.2) is 0 Å². The minimum absolute atomic E-state index is 0. The van der Waals surface area contributed by atoms with E-state index in [0.717, 1.165) is 6.42 Å². The molecule has 0 atom stereocenters. The maximum Gasteiger partial charge on any atom is 1.00 e. The molecule has 1 heteroatoms. The molecule has 0 amide bonds. The van der Waals surface area contributed by atoms with Gasteiger partial charge in [-0.1, -0.05) is 13.3 Å². The summed E-state index contributed by atoms with van der Waals surface area (Å²) < 4.78 is 0. The Balaban J connectivity index is -0.000000125. The summed E-state index contributed by atoms with van der Waals surface area (Å²) in [6, 6.07) is 0. The van der Waals surface area contributed by atoms with Crippen molar-refractivity contribution in [1.29, 1.82) is 0 Å². The molecule has 0 bridgehead atoms. The van der Waals surface area contributed by atoms with Crippen molar-refractivity contribution in [2.24, 2.45) is 0 Å². The van der Waals surface area contributed by atoms with E-state index < -0.39 is 0 Å². The summed E-state index contributed by atoms with van der Waals surface area (Å²) in [5.41, 5.74) is 0. The van der Waals surface area contributed by atoms with Crippen LogP contribution in [0.25, 0.3) is 0 Å². The van der Waals surface area contributed by atoms with Gasteiger partial charge in [0, 0.05) is 6.42 Å². The third-order valence-corrected chi connectivity index (χ3v) is 0.675. The zero-order valence-corrected chi connectivity index (χ0v) is 7.20. The second kappa shape index (κ2) is 9.75. The van der Waals surface area contributed by atoms with E-state index in [-0.39, 0.29) is 31.0 Å². The molecule has 0 radical (unpaired) electrons. The molecule has 0 aromatic rings. The molecule has 0 aliphatic carbocycles. The molecule has 0 heterocycles. The maximum atomic E-state index is 4.96. The van der Waals surface area contributed by atoms with Crippen molar-refractivity contribution in [3.8, 4) is 12.3 Å². The second-order valence-corrected chi connectivity index (χ2v) is 1.31. The summed E-state index contributed by atoms with van der Waals surface area (Å²) in [5, 5.41) is 0. The Morgan fingerprint density at radius 1 is 1.71 bits per heavy atom. The molecule has 7 heavy (non-hydrogen) atoms. The molecule has 0 aromatic carbocycles. The molecule has 0 fully saturated rings. The SMILES string of the molecule is C#CCCCC.[H-].[Na+]. The number of hydrogen-bond acceptors (Lipinski definition) is 0. The zero-order valence-electron chi connectivity index (χ0n) is 6.20. The van der Waals surface area contributed by atoms with Gasteiger partial charge < -0.3 is 1.43 Å². The molecule has 0 aliphatic heterocycles. The Labute approximate surface area is 69.5 Å². The van der Waals surface area contributed by atoms with Gasteiger partial charge in [0.2, 0.25) is 0 Å². The molecule has 0 saturated heterocycles.